The van der Waals surface area contributed by atoms with Crippen LogP contribution in [-0.2, 0) is 0 Å². The van der Waals surface area contributed by atoms with E-state index in [2.05, 4.69) is 4.85 Å². The summed E-state index contributed by atoms with van der Waals surface area (Å²) in [5, 5.41) is 9.59. The summed E-state index contributed by atoms with van der Waals surface area (Å²) in [4.78, 5) is 3.31. The second-order valence-electron chi connectivity index (χ2n) is 5.96. The lowest BCUT2D eigenvalue weighted by Gasteiger charge is -2.16. The smallest absolute Gasteiger partial charge is 0.231 e. The molecular weight excluding hydrogens is 330 g/mol. The summed E-state index contributed by atoms with van der Waals surface area (Å²) >= 11 is 0. The Hall–Kier alpha value is -3.50. The van der Waals surface area contributed by atoms with Crippen molar-refractivity contribution < 1.29 is 8.78 Å². The van der Waals surface area contributed by atoms with Crippen LogP contribution >= 0.6 is 0 Å². The van der Waals surface area contributed by atoms with Crippen molar-refractivity contribution in [3.63, 3.8) is 0 Å². The monoisotopic (exact) mass is 344 g/mol. The highest BCUT2D eigenvalue weighted by Gasteiger charge is 2.27. The van der Waals surface area contributed by atoms with Crippen LogP contribution in [0, 0.1) is 43.4 Å². The first kappa shape index (κ1) is 17.3. The van der Waals surface area contributed by atoms with Crippen LogP contribution in [0.2, 0.25) is 0 Å². The minimum absolute atomic E-state index is 0.00735. The van der Waals surface area contributed by atoms with Gasteiger partial charge in [0.2, 0.25) is 5.69 Å². The largest absolute Gasteiger partial charge is 0.234 e. The van der Waals surface area contributed by atoms with Crippen LogP contribution in [0.25, 0.3) is 27.1 Å². The van der Waals surface area contributed by atoms with Gasteiger partial charge in [-0.25, -0.2) is 13.6 Å². The number of benzene rings is 3. The van der Waals surface area contributed by atoms with Gasteiger partial charge in [-0.15, -0.1) is 0 Å². The molecule has 0 saturated carbocycles. The summed E-state index contributed by atoms with van der Waals surface area (Å²) in [6.07, 6.45) is 0. The van der Waals surface area contributed by atoms with Crippen molar-refractivity contribution in [2.24, 2.45) is 0 Å². The van der Waals surface area contributed by atoms with Crippen LogP contribution in [0.1, 0.15) is 16.7 Å². The molecule has 3 rings (SSSR count). The number of halogens is 2. The normalized spacial score (nSPS) is 10.2. The van der Waals surface area contributed by atoms with Crippen LogP contribution in [0.4, 0.5) is 14.5 Å². The summed E-state index contributed by atoms with van der Waals surface area (Å²) in [6.45, 7) is 11.0. The molecule has 126 valence electrons. The number of aryl methyl sites for hydroxylation is 2. The van der Waals surface area contributed by atoms with Gasteiger partial charge in [-0.05, 0) is 36.1 Å². The topological polar surface area (TPSA) is 28.1 Å². The predicted octanol–water partition coefficient (Wildman–Crippen LogP) is 6.34. The van der Waals surface area contributed by atoms with Crippen molar-refractivity contribution >= 4 is 5.69 Å². The van der Waals surface area contributed by atoms with Crippen LogP contribution < -0.4 is 0 Å². The molecule has 0 spiro atoms. The molecule has 2 nitrogen and oxygen atoms in total. The molecule has 0 N–H and O–H groups in total. The molecule has 0 saturated heterocycles. The van der Waals surface area contributed by atoms with E-state index in [9.17, 15) is 5.26 Å². The van der Waals surface area contributed by atoms with E-state index >= 15 is 8.78 Å². The Morgan fingerprint density at radius 2 is 1.35 bits per heavy atom. The third-order valence-corrected chi connectivity index (χ3v) is 4.41. The first-order valence-corrected chi connectivity index (χ1v) is 7.95. The molecule has 0 aromatic heterocycles. The van der Waals surface area contributed by atoms with E-state index in [4.69, 9.17) is 6.57 Å². The van der Waals surface area contributed by atoms with Gasteiger partial charge in [-0.2, -0.15) is 5.26 Å². The third kappa shape index (κ3) is 2.62. The van der Waals surface area contributed by atoms with Gasteiger partial charge in [0.05, 0.1) is 12.1 Å². The lowest BCUT2D eigenvalue weighted by molar-refractivity contribution is 0.591. The van der Waals surface area contributed by atoms with Gasteiger partial charge in [0.15, 0.2) is 0 Å². The van der Waals surface area contributed by atoms with E-state index in [1.807, 2.05) is 6.07 Å². The van der Waals surface area contributed by atoms with Crippen molar-refractivity contribution in [3.05, 3.63) is 88.3 Å². The highest BCUT2D eigenvalue weighted by atomic mass is 19.1. The summed E-state index contributed by atoms with van der Waals surface area (Å²) in [5.41, 5.74) is 1.23. The molecule has 3 aromatic carbocycles. The van der Waals surface area contributed by atoms with Crippen molar-refractivity contribution in [3.8, 4) is 28.3 Å². The number of hydrogen-bond donors (Lipinski definition) is 0. The molecule has 0 fully saturated rings. The summed E-state index contributed by atoms with van der Waals surface area (Å²) in [5.74, 6) is -1.88. The molecule has 26 heavy (non-hydrogen) atoms. The third-order valence-electron chi connectivity index (χ3n) is 4.41. The van der Waals surface area contributed by atoms with Crippen molar-refractivity contribution in [2.75, 3.05) is 0 Å². The second-order valence-corrected chi connectivity index (χ2v) is 5.96. The summed E-state index contributed by atoms with van der Waals surface area (Å²) < 4.78 is 30.5. The molecule has 0 amide bonds. The highest BCUT2D eigenvalue weighted by Crippen LogP contribution is 2.44. The van der Waals surface area contributed by atoms with E-state index in [0.29, 0.717) is 16.7 Å². The Morgan fingerprint density at radius 3 is 1.81 bits per heavy atom. The van der Waals surface area contributed by atoms with Crippen LogP contribution in [0.3, 0.4) is 0 Å². The number of nitrogens with zero attached hydrogens (tertiary/aromatic N) is 2. The fourth-order valence-electron chi connectivity index (χ4n) is 3.09. The van der Waals surface area contributed by atoms with Gasteiger partial charge in [-0.3, -0.25) is 0 Å². The molecule has 0 aliphatic rings. The van der Waals surface area contributed by atoms with Crippen LogP contribution in [0.15, 0.2) is 48.5 Å². The van der Waals surface area contributed by atoms with Crippen LogP contribution in [0.5, 0.6) is 0 Å². The molecule has 3 aromatic rings. The second kappa shape index (κ2) is 6.78. The molecule has 0 heterocycles. The lowest BCUT2D eigenvalue weighted by Crippen LogP contribution is -2.01. The van der Waals surface area contributed by atoms with E-state index in [0.717, 1.165) is 5.56 Å². The van der Waals surface area contributed by atoms with Gasteiger partial charge in [-0.1, -0.05) is 48.5 Å². The van der Waals surface area contributed by atoms with Gasteiger partial charge < -0.3 is 0 Å². The standard InChI is InChI=1S/C22H14F2N2/c1-13-8-4-6-10-15(13)18-17(12-25)20(23)19(21(24)22(18)26-3)16-11-7-5-9-14(16)2/h4-11H,1-2H3. The van der Waals surface area contributed by atoms with Crippen molar-refractivity contribution in [2.45, 2.75) is 13.8 Å². The minimum Gasteiger partial charge on any atom is -0.234 e. The van der Waals surface area contributed by atoms with Gasteiger partial charge in [0, 0.05) is 11.1 Å². The van der Waals surface area contributed by atoms with Crippen molar-refractivity contribution in [1.29, 1.82) is 5.26 Å². The summed E-state index contributed by atoms with van der Waals surface area (Å²) in [6, 6.07) is 15.5. The zero-order chi connectivity index (χ0) is 18.8. The molecular formula is C22H14F2N2. The maximum Gasteiger partial charge on any atom is 0.231 e. The van der Waals surface area contributed by atoms with E-state index in [1.54, 1.807) is 62.4 Å². The zero-order valence-corrected chi connectivity index (χ0v) is 14.3. The van der Waals surface area contributed by atoms with Gasteiger partial charge in [0.1, 0.15) is 17.7 Å². The Balaban J connectivity index is 2.49. The van der Waals surface area contributed by atoms with Gasteiger partial charge in [0.25, 0.3) is 0 Å². The lowest BCUT2D eigenvalue weighted by atomic mass is 9.89. The van der Waals surface area contributed by atoms with E-state index in [-0.39, 0.29) is 22.4 Å². The average Bonchev–Trinajstić information content (AvgIpc) is 2.63. The van der Waals surface area contributed by atoms with Gasteiger partial charge >= 0.3 is 0 Å². The average molecular weight is 344 g/mol. The Bertz CT molecular complexity index is 1060. The quantitative estimate of drug-likeness (QED) is 0.499. The molecule has 4 heteroatoms. The number of hydrogen-bond acceptors (Lipinski definition) is 1. The maximum atomic E-state index is 15.2. The molecule has 0 aliphatic carbocycles. The number of rotatable bonds is 2. The molecule has 0 bridgehead atoms. The Kier molecular flexibility index (Phi) is 4.52. The summed E-state index contributed by atoms with van der Waals surface area (Å²) in [7, 11) is 0. The molecule has 0 radical (unpaired) electrons. The van der Waals surface area contributed by atoms with E-state index in [1.165, 1.54) is 0 Å². The fourth-order valence-corrected chi connectivity index (χ4v) is 3.09. The first-order valence-electron chi connectivity index (χ1n) is 7.95. The minimum atomic E-state index is -0.941. The Morgan fingerprint density at radius 1 is 0.846 bits per heavy atom. The fraction of sp³-hybridized carbons (Fsp3) is 0.0909. The van der Waals surface area contributed by atoms with Crippen molar-refractivity contribution in [1.82, 2.24) is 0 Å². The molecule has 0 atom stereocenters. The predicted molar refractivity (Wildman–Crippen MR) is 97.7 cm³/mol. The maximum absolute atomic E-state index is 15.2. The molecule has 0 unspecified atom stereocenters. The SMILES string of the molecule is [C-]#[N+]c1c(F)c(-c2ccccc2C)c(F)c(C#N)c1-c1ccccc1C. The zero-order valence-electron chi connectivity index (χ0n) is 14.3. The Labute approximate surface area is 150 Å². The van der Waals surface area contributed by atoms with Crippen LogP contribution in [-0.4, -0.2) is 0 Å². The number of nitriles is 1. The highest BCUT2D eigenvalue weighted by molar-refractivity contribution is 5.90. The first-order chi connectivity index (χ1) is 12.5. The van der Waals surface area contributed by atoms with E-state index < -0.39 is 11.6 Å². The molecule has 0 aliphatic heterocycles.